The molecule has 0 aliphatic carbocycles. The Morgan fingerprint density at radius 1 is 1.33 bits per heavy atom. The lowest BCUT2D eigenvalue weighted by Crippen LogP contribution is -1.73. The summed E-state index contributed by atoms with van der Waals surface area (Å²) in [5.41, 5.74) is 1.41. The van der Waals surface area contributed by atoms with E-state index in [2.05, 4.69) is 36.2 Å². The van der Waals surface area contributed by atoms with Crippen molar-refractivity contribution in [3.8, 4) is 0 Å². The van der Waals surface area contributed by atoms with E-state index in [0.717, 1.165) is 6.42 Å². The molecule has 0 radical (unpaired) electrons. The first kappa shape index (κ1) is 10.6. The van der Waals surface area contributed by atoms with Crippen LogP contribution in [-0.2, 0) is 11.2 Å². The van der Waals surface area contributed by atoms with E-state index < -0.39 is 0 Å². The number of hydrogen-bond acceptors (Lipinski definition) is 2. The van der Waals surface area contributed by atoms with Gasteiger partial charge in [0.05, 0.1) is 0 Å². The zero-order chi connectivity index (χ0) is 9.23. The Bertz CT molecular complexity index is 237. The molecule has 0 saturated carbocycles. The van der Waals surface area contributed by atoms with Gasteiger partial charge in [-0.1, -0.05) is 37.3 Å². The van der Waals surface area contributed by atoms with E-state index in [4.69, 9.17) is 4.79 Å². The minimum absolute atomic E-state index is 1.14. The highest BCUT2D eigenvalue weighted by molar-refractivity contribution is 5.32. The highest BCUT2D eigenvalue weighted by Crippen LogP contribution is 1.96. The van der Waals surface area contributed by atoms with Crippen LogP contribution in [0.4, 0.5) is 0 Å². The monoisotopic (exact) mass is 163 g/mol. The molecule has 0 spiro atoms. The standard InChI is InChI=1S/C8H10.C2H3NO/c1-2-8-6-4-3-5-7-8;1-3-2-4/h3-7H,2H2,1H3;1H3. The zero-order valence-electron chi connectivity index (χ0n) is 7.45. The van der Waals surface area contributed by atoms with Crippen LogP contribution in [0.5, 0.6) is 0 Å². The molecular formula is C10H13NO. The summed E-state index contributed by atoms with van der Waals surface area (Å²) in [5.74, 6) is 0. The summed E-state index contributed by atoms with van der Waals surface area (Å²) in [5, 5.41) is 0. The molecule has 2 heteroatoms. The molecule has 0 aromatic heterocycles. The van der Waals surface area contributed by atoms with Gasteiger partial charge in [0.15, 0.2) is 0 Å². The van der Waals surface area contributed by atoms with Crippen LogP contribution in [0.2, 0.25) is 0 Å². The summed E-state index contributed by atoms with van der Waals surface area (Å²) in [6, 6.07) is 10.5. The van der Waals surface area contributed by atoms with Gasteiger partial charge in [0, 0.05) is 7.05 Å². The molecule has 0 N–H and O–H groups in total. The molecule has 1 aromatic rings. The third-order valence-electron chi connectivity index (χ3n) is 1.34. The predicted molar refractivity (Wildman–Crippen MR) is 49.9 cm³/mol. The molecule has 0 aliphatic heterocycles. The molecule has 0 saturated heterocycles. The number of rotatable bonds is 1. The van der Waals surface area contributed by atoms with Crippen LogP contribution < -0.4 is 0 Å². The van der Waals surface area contributed by atoms with Gasteiger partial charge in [-0.15, -0.1) is 0 Å². The van der Waals surface area contributed by atoms with E-state index in [0.29, 0.717) is 0 Å². The number of aliphatic imine (C=N–C) groups is 1. The molecule has 0 unspecified atom stereocenters. The summed E-state index contributed by atoms with van der Waals surface area (Å²) < 4.78 is 0. The molecule has 0 fully saturated rings. The maximum absolute atomic E-state index is 8.88. The highest BCUT2D eigenvalue weighted by atomic mass is 16.1. The Balaban J connectivity index is 0.000000261. The minimum Gasteiger partial charge on any atom is -0.211 e. The summed E-state index contributed by atoms with van der Waals surface area (Å²) in [6.07, 6.45) is 2.45. The van der Waals surface area contributed by atoms with Gasteiger partial charge in [-0.2, -0.15) is 0 Å². The first-order chi connectivity index (χ1) is 5.85. The smallest absolute Gasteiger partial charge is 0.211 e. The predicted octanol–water partition coefficient (Wildman–Crippen LogP) is 2.20. The van der Waals surface area contributed by atoms with Crippen molar-refractivity contribution in [2.45, 2.75) is 13.3 Å². The third-order valence-corrected chi connectivity index (χ3v) is 1.34. The molecule has 2 nitrogen and oxygen atoms in total. The van der Waals surface area contributed by atoms with Gasteiger partial charge in [0.1, 0.15) is 0 Å². The fraction of sp³-hybridized carbons (Fsp3) is 0.300. The van der Waals surface area contributed by atoms with Crippen molar-refractivity contribution in [2.75, 3.05) is 7.05 Å². The molecular weight excluding hydrogens is 150 g/mol. The molecule has 0 aliphatic rings. The quantitative estimate of drug-likeness (QED) is 0.461. The second kappa shape index (κ2) is 7.70. The summed E-state index contributed by atoms with van der Waals surface area (Å²) in [6.45, 7) is 2.16. The first-order valence-corrected chi connectivity index (χ1v) is 3.85. The lowest BCUT2D eigenvalue weighted by atomic mass is 10.2. The topological polar surface area (TPSA) is 29.4 Å². The van der Waals surface area contributed by atoms with Crippen molar-refractivity contribution >= 4 is 6.08 Å². The van der Waals surface area contributed by atoms with Crippen LogP contribution in [0.25, 0.3) is 0 Å². The maximum atomic E-state index is 8.88. The summed E-state index contributed by atoms with van der Waals surface area (Å²) >= 11 is 0. The van der Waals surface area contributed by atoms with E-state index in [1.54, 1.807) is 0 Å². The van der Waals surface area contributed by atoms with Crippen LogP contribution in [0.15, 0.2) is 35.3 Å². The van der Waals surface area contributed by atoms with E-state index in [9.17, 15) is 0 Å². The van der Waals surface area contributed by atoms with E-state index in [1.165, 1.54) is 18.7 Å². The van der Waals surface area contributed by atoms with Crippen molar-refractivity contribution < 1.29 is 4.79 Å². The molecule has 12 heavy (non-hydrogen) atoms. The average Bonchev–Trinajstić information content (AvgIpc) is 2.19. The van der Waals surface area contributed by atoms with Gasteiger partial charge in [-0.25, -0.2) is 9.79 Å². The van der Waals surface area contributed by atoms with Gasteiger partial charge in [0.2, 0.25) is 6.08 Å². The largest absolute Gasteiger partial charge is 0.234 e. The van der Waals surface area contributed by atoms with Gasteiger partial charge >= 0.3 is 0 Å². The molecule has 0 amide bonds. The third kappa shape index (κ3) is 5.39. The number of benzene rings is 1. The molecule has 0 bridgehead atoms. The SMILES string of the molecule is CCc1ccccc1.CN=C=O. The first-order valence-electron chi connectivity index (χ1n) is 3.85. The molecule has 64 valence electrons. The molecule has 1 aromatic carbocycles. The lowest BCUT2D eigenvalue weighted by molar-refractivity contribution is 0.564. The number of carbonyl (C=O) groups excluding carboxylic acids is 1. The molecule has 1 rings (SSSR count). The van der Waals surface area contributed by atoms with Gasteiger partial charge in [0.25, 0.3) is 0 Å². The Labute approximate surface area is 73.0 Å². The van der Waals surface area contributed by atoms with Crippen LogP contribution in [0.1, 0.15) is 12.5 Å². The average molecular weight is 163 g/mol. The molecule has 0 heterocycles. The Kier molecular flexibility index (Phi) is 6.81. The zero-order valence-corrected chi connectivity index (χ0v) is 7.45. The fourth-order valence-corrected chi connectivity index (χ4v) is 0.714. The van der Waals surface area contributed by atoms with E-state index in [1.807, 2.05) is 6.07 Å². The van der Waals surface area contributed by atoms with Crippen molar-refractivity contribution in [3.05, 3.63) is 35.9 Å². The Morgan fingerprint density at radius 2 is 1.83 bits per heavy atom. The van der Waals surface area contributed by atoms with Gasteiger partial charge in [-0.3, -0.25) is 0 Å². The Morgan fingerprint density at radius 3 is 2.08 bits per heavy atom. The minimum atomic E-state index is 1.14. The van der Waals surface area contributed by atoms with E-state index in [-0.39, 0.29) is 0 Å². The van der Waals surface area contributed by atoms with Gasteiger partial charge in [-0.05, 0) is 12.0 Å². The summed E-state index contributed by atoms with van der Waals surface area (Å²) in [7, 11) is 1.38. The highest BCUT2D eigenvalue weighted by Gasteiger charge is 1.79. The van der Waals surface area contributed by atoms with Crippen LogP contribution in [-0.4, -0.2) is 13.1 Å². The van der Waals surface area contributed by atoms with Crippen molar-refractivity contribution in [3.63, 3.8) is 0 Å². The second-order valence-electron chi connectivity index (χ2n) is 2.15. The number of isocyanates is 1. The molecule has 0 atom stereocenters. The number of aryl methyl sites for hydroxylation is 1. The van der Waals surface area contributed by atoms with Crippen LogP contribution in [0.3, 0.4) is 0 Å². The van der Waals surface area contributed by atoms with Crippen molar-refractivity contribution in [1.82, 2.24) is 0 Å². The maximum Gasteiger partial charge on any atom is 0.234 e. The van der Waals surface area contributed by atoms with E-state index >= 15 is 0 Å². The van der Waals surface area contributed by atoms with Crippen molar-refractivity contribution in [1.29, 1.82) is 0 Å². The van der Waals surface area contributed by atoms with Crippen LogP contribution in [0, 0.1) is 0 Å². The Hall–Kier alpha value is -1.40. The van der Waals surface area contributed by atoms with Gasteiger partial charge < -0.3 is 0 Å². The van der Waals surface area contributed by atoms with Crippen LogP contribution >= 0.6 is 0 Å². The number of hydrogen-bond donors (Lipinski definition) is 0. The fourth-order valence-electron chi connectivity index (χ4n) is 0.714. The van der Waals surface area contributed by atoms with Crippen molar-refractivity contribution in [2.24, 2.45) is 4.99 Å². The summed E-state index contributed by atoms with van der Waals surface area (Å²) in [4.78, 5) is 11.8. The normalized spacial score (nSPS) is 7.50. The second-order valence-corrected chi connectivity index (χ2v) is 2.15. The number of nitrogens with zero attached hydrogens (tertiary/aromatic N) is 1. The lowest BCUT2D eigenvalue weighted by Gasteiger charge is -1.89.